The van der Waals surface area contributed by atoms with Crippen LogP contribution in [0, 0.1) is 0 Å². The predicted octanol–water partition coefficient (Wildman–Crippen LogP) is 6.58. The third-order valence-corrected chi connectivity index (χ3v) is 3.95. The zero-order valence-corrected chi connectivity index (χ0v) is 13.6. The fraction of sp³-hybridized carbons (Fsp3) is 0.600. The monoisotopic (exact) mass is 272 g/mol. The van der Waals surface area contributed by atoms with Gasteiger partial charge in [-0.2, -0.15) is 0 Å². The van der Waals surface area contributed by atoms with Gasteiger partial charge in [0.15, 0.2) is 0 Å². The molecule has 112 valence electrons. The van der Waals surface area contributed by atoms with Crippen LogP contribution in [0.4, 0.5) is 0 Å². The van der Waals surface area contributed by atoms with Gasteiger partial charge in [0, 0.05) is 0 Å². The summed E-state index contributed by atoms with van der Waals surface area (Å²) >= 11 is 0. The summed E-state index contributed by atoms with van der Waals surface area (Å²) in [6.45, 7) is 8.47. The van der Waals surface area contributed by atoms with E-state index in [-0.39, 0.29) is 0 Å². The molecule has 0 aromatic heterocycles. The van der Waals surface area contributed by atoms with Gasteiger partial charge in [0.2, 0.25) is 0 Å². The largest absolute Gasteiger partial charge is 0.0985 e. The average molecular weight is 272 g/mol. The normalized spacial score (nSPS) is 10.7. The van der Waals surface area contributed by atoms with Crippen LogP contribution in [0.1, 0.15) is 81.9 Å². The van der Waals surface area contributed by atoms with Crippen molar-refractivity contribution in [1.29, 1.82) is 0 Å². The predicted molar refractivity (Wildman–Crippen MR) is 92.2 cm³/mol. The Balaban J connectivity index is 2.53. The molecule has 0 nitrogen and oxygen atoms in total. The van der Waals surface area contributed by atoms with Crippen molar-refractivity contribution in [3.63, 3.8) is 0 Å². The molecule has 0 spiro atoms. The third-order valence-electron chi connectivity index (χ3n) is 3.95. The summed E-state index contributed by atoms with van der Waals surface area (Å²) in [7, 11) is 0. The Morgan fingerprint density at radius 3 is 1.65 bits per heavy atom. The van der Waals surface area contributed by atoms with Gasteiger partial charge in [-0.3, -0.25) is 0 Å². The van der Waals surface area contributed by atoms with Crippen LogP contribution in [0.15, 0.2) is 24.8 Å². The van der Waals surface area contributed by atoms with Gasteiger partial charge in [-0.05, 0) is 42.4 Å². The van der Waals surface area contributed by atoms with Crippen LogP contribution in [-0.4, -0.2) is 0 Å². The minimum atomic E-state index is 1.23. The number of aryl methyl sites for hydroxylation is 2. The first-order valence-electron chi connectivity index (χ1n) is 8.55. The summed E-state index contributed by atoms with van der Waals surface area (Å²) in [6, 6.07) is 7.05. The van der Waals surface area contributed by atoms with Crippen molar-refractivity contribution in [2.45, 2.75) is 78.1 Å². The van der Waals surface area contributed by atoms with Crippen molar-refractivity contribution in [2.75, 3.05) is 0 Å². The topological polar surface area (TPSA) is 0 Å². The number of hydrogen-bond donors (Lipinski definition) is 0. The van der Waals surface area contributed by atoms with Crippen molar-refractivity contribution < 1.29 is 0 Å². The molecule has 1 rings (SSSR count). The van der Waals surface area contributed by atoms with Gasteiger partial charge in [0.1, 0.15) is 0 Å². The molecule has 20 heavy (non-hydrogen) atoms. The van der Waals surface area contributed by atoms with E-state index in [1.165, 1.54) is 80.9 Å². The maximum absolute atomic E-state index is 3.93. The van der Waals surface area contributed by atoms with Crippen LogP contribution in [0.2, 0.25) is 0 Å². The lowest BCUT2D eigenvalue weighted by Crippen LogP contribution is -1.93. The number of unbranched alkanes of at least 4 members (excludes halogenated alkanes) is 6. The lowest BCUT2D eigenvalue weighted by molar-refractivity contribution is 0.661. The van der Waals surface area contributed by atoms with Gasteiger partial charge in [-0.15, -0.1) is 0 Å². The molecule has 1 aromatic rings. The molecule has 0 aliphatic carbocycles. The minimum absolute atomic E-state index is 1.23. The molecule has 0 bridgehead atoms. The highest BCUT2D eigenvalue weighted by molar-refractivity contribution is 5.50. The molecule has 0 aliphatic heterocycles. The summed E-state index contributed by atoms with van der Waals surface area (Å²) in [4.78, 5) is 0. The Labute approximate surface area is 126 Å². The summed E-state index contributed by atoms with van der Waals surface area (Å²) in [5.41, 5.74) is 4.30. The van der Waals surface area contributed by atoms with E-state index in [9.17, 15) is 0 Å². The quantitative estimate of drug-likeness (QED) is 0.399. The Morgan fingerprint density at radius 1 is 0.750 bits per heavy atom. The smallest absolute Gasteiger partial charge is 0.0257 e. The van der Waals surface area contributed by atoms with Crippen LogP contribution in [0.25, 0.3) is 6.08 Å². The summed E-state index contributed by atoms with van der Waals surface area (Å²) in [5.74, 6) is 0. The molecule has 0 N–H and O–H groups in total. The van der Waals surface area contributed by atoms with Gasteiger partial charge in [0.25, 0.3) is 0 Å². The van der Waals surface area contributed by atoms with Crippen molar-refractivity contribution in [1.82, 2.24) is 0 Å². The van der Waals surface area contributed by atoms with Crippen LogP contribution in [0.5, 0.6) is 0 Å². The maximum atomic E-state index is 3.93. The molecule has 0 fully saturated rings. The maximum Gasteiger partial charge on any atom is -0.0257 e. The first-order valence-corrected chi connectivity index (χ1v) is 8.55. The van der Waals surface area contributed by atoms with Gasteiger partial charge in [-0.25, -0.2) is 0 Å². The van der Waals surface area contributed by atoms with Crippen molar-refractivity contribution in [3.8, 4) is 0 Å². The molecule has 1 aromatic carbocycles. The molecule has 0 saturated heterocycles. The molecule has 0 unspecified atom stereocenters. The minimum Gasteiger partial charge on any atom is -0.0985 e. The second-order valence-electron chi connectivity index (χ2n) is 5.91. The molecule has 0 heteroatoms. The van der Waals surface area contributed by atoms with E-state index >= 15 is 0 Å². The van der Waals surface area contributed by atoms with E-state index in [1.807, 2.05) is 6.08 Å². The Bertz CT molecular complexity index is 345. The Morgan fingerprint density at radius 2 is 1.25 bits per heavy atom. The molecule has 0 saturated carbocycles. The van der Waals surface area contributed by atoms with Gasteiger partial charge in [-0.1, -0.05) is 83.2 Å². The molecular formula is C20H32. The van der Waals surface area contributed by atoms with E-state index in [0.29, 0.717) is 0 Å². The molecule has 0 amide bonds. The summed E-state index contributed by atoms with van der Waals surface area (Å²) in [6.07, 6.45) is 15.2. The lowest BCUT2D eigenvalue weighted by Gasteiger charge is -2.08. The Hall–Kier alpha value is -1.04. The van der Waals surface area contributed by atoms with E-state index in [2.05, 4.69) is 38.6 Å². The second kappa shape index (κ2) is 10.7. The standard InChI is InChI=1S/C20H32/c1-4-7-9-11-13-19-15-18(6-3)16-20(17-19)14-12-10-8-5-2/h6,15-17H,3-5,7-14H2,1-2H3. The first-order chi connectivity index (χ1) is 9.80. The zero-order valence-electron chi connectivity index (χ0n) is 13.6. The Kier molecular flexibility index (Phi) is 9.11. The fourth-order valence-corrected chi connectivity index (χ4v) is 2.71. The average Bonchev–Trinajstić information content (AvgIpc) is 2.48. The molecule has 0 heterocycles. The fourth-order valence-electron chi connectivity index (χ4n) is 2.71. The van der Waals surface area contributed by atoms with Crippen LogP contribution >= 0.6 is 0 Å². The number of benzene rings is 1. The van der Waals surface area contributed by atoms with Crippen LogP contribution in [0.3, 0.4) is 0 Å². The number of rotatable bonds is 11. The van der Waals surface area contributed by atoms with Crippen LogP contribution in [-0.2, 0) is 12.8 Å². The highest BCUT2D eigenvalue weighted by Crippen LogP contribution is 2.17. The zero-order chi connectivity index (χ0) is 14.6. The molecular weight excluding hydrogens is 240 g/mol. The van der Waals surface area contributed by atoms with Crippen LogP contribution < -0.4 is 0 Å². The van der Waals surface area contributed by atoms with E-state index in [4.69, 9.17) is 0 Å². The van der Waals surface area contributed by atoms with Crippen molar-refractivity contribution >= 4 is 6.08 Å². The second-order valence-corrected chi connectivity index (χ2v) is 5.91. The van der Waals surface area contributed by atoms with Gasteiger partial charge in [0.05, 0.1) is 0 Å². The SMILES string of the molecule is C=Cc1cc(CCCCCC)cc(CCCCCC)c1. The van der Waals surface area contributed by atoms with E-state index < -0.39 is 0 Å². The third kappa shape index (κ3) is 6.93. The van der Waals surface area contributed by atoms with E-state index in [0.717, 1.165) is 0 Å². The van der Waals surface area contributed by atoms with Gasteiger partial charge < -0.3 is 0 Å². The number of hydrogen-bond acceptors (Lipinski definition) is 0. The molecule has 0 radical (unpaired) electrons. The first kappa shape index (κ1) is 17.0. The lowest BCUT2D eigenvalue weighted by atomic mass is 9.97. The highest BCUT2D eigenvalue weighted by Gasteiger charge is 2.01. The van der Waals surface area contributed by atoms with Crippen molar-refractivity contribution in [2.24, 2.45) is 0 Å². The summed E-state index contributed by atoms with van der Waals surface area (Å²) < 4.78 is 0. The highest BCUT2D eigenvalue weighted by atomic mass is 14.1. The molecule has 0 aliphatic rings. The van der Waals surface area contributed by atoms with Gasteiger partial charge >= 0.3 is 0 Å². The van der Waals surface area contributed by atoms with E-state index in [1.54, 1.807) is 0 Å². The van der Waals surface area contributed by atoms with Crippen molar-refractivity contribution in [3.05, 3.63) is 41.5 Å². The summed E-state index contributed by atoms with van der Waals surface area (Å²) in [5, 5.41) is 0. The molecule has 0 atom stereocenters.